The predicted octanol–water partition coefficient (Wildman–Crippen LogP) is 2.70. The molecule has 2 aromatic heterocycles. The largest absolute Gasteiger partial charge is 0.397 e. The van der Waals surface area contributed by atoms with E-state index in [0.717, 1.165) is 29.1 Å². The SMILES string of the molecule is CCn1c(-c2ccccc2)nc2cc(N)cnc21. The molecule has 18 heavy (non-hydrogen) atoms. The summed E-state index contributed by atoms with van der Waals surface area (Å²) < 4.78 is 2.10. The summed E-state index contributed by atoms with van der Waals surface area (Å²) in [4.78, 5) is 9.01. The third kappa shape index (κ3) is 1.62. The molecule has 0 aliphatic carbocycles. The van der Waals surface area contributed by atoms with E-state index in [-0.39, 0.29) is 0 Å². The molecule has 0 amide bonds. The normalized spacial score (nSPS) is 10.9. The van der Waals surface area contributed by atoms with Crippen molar-refractivity contribution in [3.8, 4) is 11.4 Å². The maximum Gasteiger partial charge on any atom is 0.160 e. The van der Waals surface area contributed by atoms with Crippen LogP contribution in [-0.4, -0.2) is 14.5 Å². The van der Waals surface area contributed by atoms with E-state index in [4.69, 9.17) is 5.73 Å². The minimum Gasteiger partial charge on any atom is -0.397 e. The molecule has 2 N–H and O–H groups in total. The second-order valence-corrected chi connectivity index (χ2v) is 4.16. The topological polar surface area (TPSA) is 56.7 Å². The van der Waals surface area contributed by atoms with E-state index in [0.29, 0.717) is 5.69 Å². The Kier molecular flexibility index (Phi) is 2.48. The molecule has 0 aliphatic rings. The first-order chi connectivity index (χ1) is 8.79. The molecule has 1 aromatic carbocycles. The monoisotopic (exact) mass is 238 g/mol. The number of hydrogen-bond acceptors (Lipinski definition) is 3. The summed E-state index contributed by atoms with van der Waals surface area (Å²) in [5.74, 6) is 0.936. The lowest BCUT2D eigenvalue weighted by molar-refractivity contribution is 0.787. The van der Waals surface area contributed by atoms with Gasteiger partial charge < -0.3 is 10.3 Å². The van der Waals surface area contributed by atoms with Crippen molar-refractivity contribution in [2.24, 2.45) is 0 Å². The number of imidazole rings is 1. The van der Waals surface area contributed by atoms with E-state index in [1.165, 1.54) is 0 Å². The van der Waals surface area contributed by atoms with E-state index >= 15 is 0 Å². The van der Waals surface area contributed by atoms with Crippen LogP contribution in [0.4, 0.5) is 5.69 Å². The number of aryl methyl sites for hydroxylation is 1. The molecule has 0 spiro atoms. The van der Waals surface area contributed by atoms with Crippen LogP contribution in [0.15, 0.2) is 42.6 Å². The van der Waals surface area contributed by atoms with Crippen LogP contribution in [0.1, 0.15) is 6.92 Å². The second kappa shape index (κ2) is 4.14. The van der Waals surface area contributed by atoms with Crippen LogP contribution >= 0.6 is 0 Å². The summed E-state index contributed by atoms with van der Waals surface area (Å²) in [5, 5.41) is 0. The highest BCUT2D eigenvalue weighted by molar-refractivity contribution is 5.79. The number of nitrogens with zero attached hydrogens (tertiary/aromatic N) is 3. The highest BCUT2D eigenvalue weighted by Crippen LogP contribution is 2.24. The molecule has 0 fully saturated rings. The van der Waals surface area contributed by atoms with Crippen molar-refractivity contribution in [3.05, 3.63) is 42.6 Å². The molecule has 90 valence electrons. The summed E-state index contributed by atoms with van der Waals surface area (Å²) in [5.41, 5.74) is 9.21. The van der Waals surface area contributed by atoms with Crippen LogP contribution < -0.4 is 5.73 Å². The number of pyridine rings is 1. The molecule has 0 aliphatic heterocycles. The van der Waals surface area contributed by atoms with Crippen LogP contribution in [0, 0.1) is 0 Å². The zero-order valence-corrected chi connectivity index (χ0v) is 10.2. The van der Waals surface area contributed by atoms with Crippen LogP contribution in [0.5, 0.6) is 0 Å². The van der Waals surface area contributed by atoms with Crippen LogP contribution in [-0.2, 0) is 6.54 Å². The van der Waals surface area contributed by atoms with Gasteiger partial charge in [0, 0.05) is 12.1 Å². The molecule has 3 aromatic rings. The van der Waals surface area contributed by atoms with E-state index in [1.807, 2.05) is 24.3 Å². The summed E-state index contributed by atoms with van der Waals surface area (Å²) in [6, 6.07) is 12.0. The number of fused-ring (bicyclic) bond motifs is 1. The van der Waals surface area contributed by atoms with Crippen LogP contribution in [0.3, 0.4) is 0 Å². The van der Waals surface area contributed by atoms with Gasteiger partial charge in [0.05, 0.1) is 11.9 Å². The number of aromatic nitrogens is 3. The van der Waals surface area contributed by atoms with Crippen molar-refractivity contribution in [2.45, 2.75) is 13.5 Å². The Morgan fingerprint density at radius 1 is 1.22 bits per heavy atom. The van der Waals surface area contributed by atoms with Gasteiger partial charge in [-0.25, -0.2) is 9.97 Å². The van der Waals surface area contributed by atoms with E-state index in [2.05, 4.69) is 33.6 Å². The lowest BCUT2D eigenvalue weighted by atomic mass is 10.2. The predicted molar refractivity (Wildman–Crippen MR) is 73.1 cm³/mol. The maximum absolute atomic E-state index is 5.75. The first-order valence-corrected chi connectivity index (χ1v) is 5.96. The number of benzene rings is 1. The molecule has 0 atom stereocenters. The lowest BCUT2D eigenvalue weighted by Gasteiger charge is -2.04. The summed E-state index contributed by atoms with van der Waals surface area (Å²) in [6.07, 6.45) is 1.67. The second-order valence-electron chi connectivity index (χ2n) is 4.16. The Morgan fingerprint density at radius 2 is 2.00 bits per heavy atom. The summed E-state index contributed by atoms with van der Waals surface area (Å²) in [6.45, 7) is 2.92. The van der Waals surface area contributed by atoms with Gasteiger partial charge in [-0.3, -0.25) is 0 Å². The lowest BCUT2D eigenvalue weighted by Crippen LogP contribution is -1.98. The van der Waals surface area contributed by atoms with Crippen LogP contribution in [0.25, 0.3) is 22.6 Å². The average Bonchev–Trinajstić information content (AvgIpc) is 2.77. The molecule has 0 bridgehead atoms. The molecule has 3 rings (SSSR count). The quantitative estimate of drug-likeness (QED) is 0.746. The van der Waals surface area contributed by atoms with Crippen molar-refractivity contribution in [1.82, 2.24) is 14.5 Å². The highest BCUT2D eigenvalue weighted by atomic mass is 15.1. The fraction of sp³-hybridized carbons (Fsp3) is 0.143. The first kappa shape index (κ1) is 10.8. The van der Waals surface area contributed by atoms with Gasteiger partial charge in [0.2, 0.25) is 0 Å². The molecular weight excluding hydrogens is 224 g/mol. The standard InChI is InChI=1S/C14H14N4/c1-2-18-13(10-6-4-3-5-7-10)17-12-8-11(15)9-16-14(12)18/h3-9H,2,15H2,1H3. The summed E-state index contributed by atoms with van der Waals surface area (Å²) >= 11 is 0. The third-order valence-electron chi connectivity index (χ3n) is 2.95. The van der Waals surface area contributed by atoms with Crippen molar-refractivity contribution in [3.63, 3.8) is 0 Å². The van der Waals surface area contributed by atoms with Gasteiger partial charge in [-0.1, -0.05) is 30.3 Å². The summed E-state index contributed by atoms with van der Waals surface area (Å²) in [7, 11) is 0. The molecule has 0 unspecified atom stereocenters. The Labute approximate surface area is 105 Å². The maximum atomic E-state index is 5.75. The van der Waals surface area contributed by atoms with Crippen molar-refractivity contribution in [2.75, 3.05) is 5.73 Å². The van der Waals surface area contributed by atoms with Gasteiger partial charge in [-0.2, -0.15) is 0 Å². The first-order valence-electron chi connectivity index (χ1n) is 5.96. The van der Waals surface area contributed by atoms with E-state index in [9.17, 15) is 0 Å². The fourth-order valence-corrected chi connectivity index (χ4v) is 2.13. The number of nitrogens with two attached hydrogens (primary N) is 1. The zero-order valence-electron chi connectivity index (χ0n) is 10.2. The van der Waals surface area contributed by atoms with Gasteiger partial charge in [0.15, 0.2) is 5.65 Å². The molecule has 0 radical (unpaired) electrons. The van der Waals surface area contributed by atoms with E-state index in [1.54, 1.807) is 6.20 Å². The Morgan fingerprint density at radius 3 is 2.72 bits per heavy atom. The minimum absolute atomic E-state index is 0.642. The van der Waals surface area contributed by atoms with Gasteiger partial charge in [-0.15, -0.1) is 0 Å². The van der Waals surface area contributed by atoms with Gasteiger partial charge >= 0.3 is 0 Å². The van der Waals surface area contributed by atoms with Gasteiger partial charge in [0.25, 0.3) is 0 Å². The highest BCUT2D eigenvalue weighted by Gasteiger charge is 2.12. The number of hydrogen-bond donors (Lipinski definition) is 1. The Hall–Kier alpha value is -2.36. The number of nitrogen functional groups attached to an aromatic ring is 1. The number of rotatable bonds is 2. The average molecular weight is 238 g/mol. The zero-order chi connectivity index (χ0) is 12.5. The van der Waals surface area contributed by atoms with E-state index < -0.39 is 0 Å². The minimum atomic E-state index is 0.642. The third-order valence-corrected chi connectivity index (χ3v) is 2.95. The van der Waals surface area contributed by atoms with Crippen molar-refractivity contribution >= 4 is 16.9 Å². The Balaban J connectivity index is 2.29. The number of anilines is 1. The molecule has 0 saturated carbocycles. The van der Waals surface area contributed by atoms with Crippen LogP contribution in [0.2, 0.25) is 0 Å². The van der Waals surface area contributed by atoms with Crippen molar-refractivity contribution < 1.29 is 0 Å². The fourth-order valence-electron chi connectivity index (χ4n) is 2.13. The van der Waals surface area contributed by atoms with Gasteiger partial charge in [-0.05, 0) is 13.0 Å². The van der Waals surface area contributed by atoms with Crippen molar-refractivity contribution in [1.29, 1.82) is 0 Å². The van der Waals surface area contributed by atoms with Gasteiger partial charge in [0.1, 0.15) is 11.3 Å². The molecule has 0 saturated heterocycles. The molecule has 4 heteroatoms. The smallest absolute Gasteiger partial charge is 0.160 e. The molecule has 4 nitrogen and oxygen atoms in total. The molecule has 2 heterocycles. The molecular formula is C14H14N4. The Bertz CT molecular complexity index is 686.